The Morgan fingerprint density at radius 1 is 0.258 bits per heavy atom. The van der Waals surface area contributed by atoms with Crippen molar-refractivity contribution in [3.8, 4) is 34.5 Å². The van der Waals surface area contributed by atoms with Gasteiger partial charge in [0.1, 0.15) is 0 Å². The number of anilines is 3. The Kier molecular flexibility index (Phi) is 62.8. The Bertz CT molecular complexity index is 3460. The van der Waals surface area contributed by atoms with Crippen molar-refractivity contribution in [2.45, 2.75) is 443 Å². The van der Waals surface area contributed by atoms with Crippen LogP contribution in [0, 0.1) is 0 Å². The molecule has 22 nitrogen and oxygen atoms in total. The van der Waals surface area contributed by atoms with Crippen LogP contribution in [-0.4, -0.2) is 111 Å². The van der Waals surface area contributed by atoms with E-state index < -0.39 is 65.8 Å². The van der Waals surface area contributed by atoms with Gasteiger partial charge in [-0.2, -0.15) is 15.0 Å². The molecule has 0 atom stereocenters. The number of unbranched alkanes of at least 4 members (excludes halogenated alkanes) is 54. The first-order valence-corrected chi connectivity index (χ1v) is 52.9. The summed E-state index contributed by atoms with van der Waals surface area (Å²) in [5.74, 6) is -0.752. The number of nitrogens with zero attached hydrogens (tertiary/aromatic N) is 6. The van der Waals surface area contributed by atoms with Gasteiger partial charge in [-0.3, -0.25) is 4.90 Å². The first-order valence-electron chi connectivity index (χ1n) is 50.1. The second-order valence-corrected chi connectivity index (χ2v) is 37.8. The number of amides is 6. The number of rotatable bonds is 81. The highest BCUT2D eigenvalue weighted by molar-refractivity contribution is 7.94. The number of hydrogen-bond donors (Lipinski definition) is 3. The molecule has 6 amide bonds. The summed E-state index contributed by atoms with van der Waals surface area (Å²) in [4.78, 5) is 58.8. The topological polar surface area (TPSA) is 259 Å². The van der Waals surface area contributed by atoms with Crippen LogP contribution in [-0.2, 0) is 26.6 Å². The Balaban J connectivity index is 1.93. The summed E-state index contributed by atoms with van der Waals surface area (Å²) in [6, 6.07) is 10.1. The standard InChI is InChI=1S/C100H173N9O13S2/c1-10-16-22-28-34-40-46-52-58-64-76-117-89-73-70-86(82-92(89)120-79-67-61-55-49-43-37-31-25-19-13-4)85-107(98(110)101-7)95-104-96(108(99(111)102-8)123(113,114)87-71-74-90(118-77-65-59-53-47-41-35-29-23-17-11-2)93(83-87)121-80-68-62-56-50-44-38-32-26-20-14-5)106-97(105-95)109(100(112)103-9)124(115,116)88-72-75-91(119-78-66-60-54-48-42-36-30-24-18-12-3)94(84-88)122-81-69-63-57-51-45-39-33-27-21-15-6/h70-75,82-84H,10-69,76-81,85H2,1-9H3,(H,101,110)(H,102,111)(H,103,112). The SMILES string of the molecule is CCCCCCCCCCCCOc1ccc(CN(C(=O)NC)c2nc(N(C(=O)NC)S(=O)(=O)c3ccc(OCCCCCCCCCCCC)c(OCCCCCCCCCCCC)c3)nc(N(C(=O)NC)S(=O)(=O)c3ccc(OCCCCCCCCCCCC)c(OCCCCCCCCCCCC)c3)n2)cc1OCCCCCCCCCCCC. The van der Waals surface area contributed by atoms with Crippen LogP contribution in [0.1, 0.15) is 432 Å². The highest BCUT2D eigenvalue weighted by atomic mass is 32.2. The van der Waals surface area contributed by atoms with Crippen molar-refractivity contribution in [1.82, 2.24) is 30.9 Å². The summed E-state index contributed by atoms with van der Waals surface area (Å²) in [6.07, 6.45) is 67.9. The van der Waals surface area contributed by atoms with Gasteiger partial charge < -0.3 is 44.4 Å². The van der Waals surface area contributed by atoms with Crippen LogP contribution in [0.3, 0.4) is 0 Å². The molecule has 0 saturated carbocycles. The van der Waals surface area contributed by atoms with Crippen molar-refractivity contribution in [2.24, 2.45) is 0 Å². The molecule has 0 unspecified atom stereocenters. The molecule has 0 radical (unpaired) electrons. The van der Waals surface area contributed by atoms with Gasteiger partial charge in [-0.05, 0) is 80.5 Å². The van der Waals surface area contributed by atoms with E-state index in [1.807, 2.05) is 0 Å². The lowest BCUT2D eigenvalue weighted by molar-refractivity contribution is 0.247. The van der Waals surface area contributed by atoms with Crippen LogP contribution < -0.4 is 57.9 Å². The smallest absolute Gasteiger partial charge is 0.338 e. The van der Waals surface area contributed by atoms with Crippen molar-refractivity contribution < 1.29 is 59.6 Å². The average molecular weight is 1770 g/mol. The normalized spacial score (nSPS) is 11.6. The number of urea groups is 3. The minimum absolute atomic E-state index is 0.129. The number of hydrogen-bond acceptors (Lipinski definition) is 16. The molecule has 0 aliphatic carbocycles. The maximum Gasteiger partial charge on any atom is 0.338 e. The maximum absolute atomic E-state index is 15.9. The van der Waals surface area contributed by atoms with Crippen LogP contribution in [0.4, 0.5) is 32.2 Å². The van der Waals surface area contributed by atoms with E-state index in [-0.39, 0.29) is 39.9 Å². The van der Waals surface area contributed by atoms with Gasteiger partial charge in [-0.15, -0.1) is 8.61 Å². The van der Waals surface area contributed by atoms with Crippen molar-refractivity contribution in [3.63, 3.8) is 0 Å². The molecule has 24 heteroatoms. The van der Waals surface area contributed by atoms with Crippen LogP contribution in [0.25, 0.3) is 0 Å². The molecule has 4 aromatic rings. The van der Waals surface area contributed by atoms with Crippen molar-refractivity contribution >= 4 is 56.0 Å². The van der Waals surface area contributed by atoms with Gasteiger partial charge >= 0.3 is 18.1 Å². The molecule has 3 aromatic carbocycles. The number of carbonyl (C=O) groups is 3. The lowest BCUT2D eigenvalue weighted by atomic mass is 10.1. The number of sulfonamides is 2. The van der Waals surface area contributed by atoms with E-state index in [1.54, 1.807) is 18.2 Å². The molecule has 0 fully saturated rings. The molecule has 0 aliphatic rings. The number of ether oxygens (including phenoxy) is 6. The molecule has 0 spiro atoms. The Morgan fingerprint density at radius 3 is 0.694 bits per heavy atom. The third-order valence-corrected chi connectivity index (χ3v) is 26.6. The van der Waals surface area contributed by atoms with E-state index in [0.717, 1.165) is 153 Å². The van der Waals surface area contributed by atoms with E-state index in [1.165, 1.54) is 282 Å². The summed E-state index contributed by atoms with van der Waals surface area (Å²) in [6.45, 7) is 15.1. The zero-order valence-electron chi connectivity index (χ0n) is 79.4. The first kappa shape index (κ1) is 110. The van der Waals surface area contributed by atoms with Gasteiger partial charge in [0.25, 0.3) is 31.9 Å². The second-order valence-electron chi connectivity index (χ2n) is 34.2. The van der Waals surface area contributed by atoms with Crippen LogP contribution in [0.15, 0.2) is 64.4 Å². The number of benzene rings is 3. The van der Waals surface area contributed by atoms with Gasteiger partial charge in [-0.25, -0.2) is 31.2 Å². The number of carbonyl (C=O) groups excluding carboxylic acids is 3. The monoisotopic (exact) mass is 1770 g/mol. The summed E-state index contributed by atoms with van der Waals surface area (Å²) in [5.41, 5.74) is 0.477. The molecule has 0 saturated heterocycles. The highest BCUT2D eigenvalue weighted by Crippen LogP contribution is 2.38. The van der Waals surface area contributed by atoms with E-state index in [9.17, 15) is 14.4 Å². The van der Waals surface area contributed by atoms with Gasteiger partial charge in [0.15, 0.2) is 34.5 Å². The molecule has 1 heterocycles. The predicted octanol–water partition coefficient (Wildman–Crippen LogP) is 28.1. The molecule has 124 heavy (non-hydrogen) atoms. The second kappa shape index (κ2) is 71.2. The minimum atomic E-state index is -5.21. The largest absolute Gasteiger partial charge is 0.490 e. The molecule has 0 bridgehead atoms. The molecule has 1 aromatic heterocycles. The number of nitrogens with one attached hydrogen (secondary N) is 3. The molecule has 3 N–H and O–H groups in total. The fourth-order valence-electron chi connectivity index (χ4n) is 15.5. The van der Waals surface area contributed by atoms with E-state index in [4.69, 9.17) is 28.4 Å². The molecular formula is C100H173N9O13S2. The zero-order chi connectivity index (χ0) is 89.6. The zero-order valence-corrected chi connectivity index (χ0v) is 81.0. The molecule has 708 valence electrons. The summed E-state index contributed by atoms with van der Waals surface area (Å²) >= 11 is 0. The van der Waals surface area contributed by atoms with Gasteiger partial charge in [0.2, 0.25) is 5.95 Å². The van der Waals surface area contributed by atoms with Crippen molar-refractivity contribution in [1.29, 1.82) is 0 Å². The molecule has 0 aliphatic heterocycles. The van der Waals surface area contributed by atoms with Crippen LogP contribution in [0.5, 0.6) is 34.5 Å². The predicted molar refractivity (Wildman–Crippen MR) is 512 cm³/mol. The first-order chi connectivity index (χ1) is 60.6. The van der Waals surface area contributed by atoms with Crippen LogP contribution in [0.2, 0.25) is 0 Å². The molecule has 4 rings (SSSR count). The lowest BCUT2D eigenvalue weighted by Crippen LogP contribution is -2.46. The maximum atomic E-state index is 15.9. The third-order valence-electron chi connectivity index (χ3n) is 23.2. The summed E-state index contributed by atoms with van der Waals surface area (Å²) < 4.78 is 103. The molecular weight excluding hydrogens is 1600 g/mol. The van der Waals surface area contributed by atoms with Gasteiger partial charge in [-0.1, -0.05) is 394 Å². The number of aromatic nitrogens is 3. The van der Waals surface area contributed by atoms with Crippen LogP contribution >= 0.6 is 0 Å². The summed E-state index contributed by atoms with van der Waals surface area (Å²) in [5, 5.41) is 7.55. The Hall–Kier alpha value is -6.82. The fourth-order valence-corrected chi connectivity index (χ4v) is 18.1. The Labute approximate surface area is 754 Å². The van der Waals surface area contributed by atoms with E-state index in [2.05, 4.69) is 72.4 Å². The highest BCUT2D eigenvalue weighted by Gasteiger charge is 2.40. The lowest BCUT2D eigenvalue weighted by Gasteiger charge is -2.27. The van der Waals surface area contributed by atoms with Gasteiger partial charge in [0.05, 0.1) is 56.0 Å². The van der Waals surface area contributed by atoms with Crippen molar-refractivity contribution in [3.05, 3.63) is 60.2 Å². The fraction of sp³-hybridized carbons (Fsp3) is 0.760. The third kappa shape index (κ3) is 46.3. The van der Waals surface area contributed by atoms with E-state index >= 15 is 16.8 Å². The average Bonchev–Trinajstić information content (AvgIpc) is 0.751. The van der Waals surface area contributed by atoms with Gasteiger partial charge in [0, 0.05) is 33.3 Å². The van der Waals surface area contributed by atoms with E-state index in [0.29, 0.717) is 67.8 Å². The Morgan fingerprint density at radius 2 is 0.460 bits per heavy atom. The van der Waals surface area contributed by atoms with Crippen molar-refractivity contribution in [2.75, 3.05) is 74.3 Å². The quantitative estimate of drug-likeness (QED) is 0.0347. The summed E-state index contributed by atoms with van der Waals surface area (Å²) in [7, 11) is -6.59. The minimum Gasteiger partial charge on any atom is -0.490 e.